The molecule has 1 heterocycles. The van der Waals surface area contributed by atoms with E-state index >= 15 is 0 Å². The van der Waals surface area contributed by atoms with Crippen LogP contribution in [-0.4, -0.2) is 20.2 Å². The molecule has 0 aliphatic heterocycles. The number of para-hydroxylation sites is 1. The maximum atomic E-state index is 6.09. The molecule has 0 aliphatic rings. The van der Waals surface area contributed by atoms with Gasteiger partial charge in [0, 0.05) is 17.8 Å². The van der Waals surface area contributed by atoms with E-state index in [4.69, 9.17) is 5.73 Å². The third kappa shape index (κ3) is 2.50. The van der Waals surface area contributed by atoms with Crippen molar-refractivity contribution in [1.29, 1.82) is 0 Å². The zero-order chi connectivity index (χ0) is 13.1. The van der Waals surface area contributed by atoms with Crippen molar-refractivity contribution in [2.24, 2.45) is 5.92 Å². The number of anilines is 1. The number of nitrogen functional groups attached to an aromatic ring is 1. The van der Waals surface area contributed by atoms with E-state index in [1.54, 1.807) is 0 Å². The summed E-state index contributed by atoms with van der Waals surface area (Å²) in [5, 5.41) is 11.9. The summed E-state index contributed by atoms with van der Waals surface area (Å²) in [5.74, 6) is 1.37. The second kappa shape index (κ2) is 5.16. The van der Waals surface area contributed by atoms with Crippen LogP contribution >= 0.6 is 0 Å². The molecule has 0 saturated heterocycles. The molecule has 1 aromatic carbocycles. The van der Waals surface area contributed by atoms with Gasteiger partial charge in [-0.3, -0.25) is 0 Å². The molecule has 0 saturated carbocycles. The molecule has 5 heteroatoms. The summed E-state index contributed by atoms with van der Waals surface area (Å²) in [6.07, 6.45) is 1.05. The Labute approximate surface area is 107 Å². The number of benzene rings is 1. The van der Waals surface area contributed by atoms with E-state index < -0.39 is 0 Å². The molecule has 0 aliphatic carbocycles. The maximum absolute atomic E-state index is 6.09. The van der Waals surface area contributed by atoms with Crippen molar-refractivity contribution in [2.75, 3.05) is 5.73 Å². The Hall–Kier alpha value is -1.91. The summed E-state index contributed by atoms with van der Waals surface area (Å²) in [6.45, 7) is 7.17. The van der Waals surface area contributed by atoms with Gasteiger partial charge in [-0.1, -0.05) is 26.0 Å². The molecular weight excluding hydrogens is 226 g/mol. The van der Waals surface area contributed by atoms with E-state index in [0.717, 1.165) is 35.6 Å². The monoisotopic (exact) mass is 245 g/mol. The Morgan fingerprint density at radius 3 is 2.83 bits per heavy atom. The molecule has 0 spiro atoms. The normalized spacial score (nSPS) is 11.1. The van der Waals surface area contributed by atoms with Crippen molar-refractivity contribution in [3.63, 3.8) is 0 Å². The van der Waals surface area contributed by atoms with Gasteiger partial charge in [0.05, 0.1) is 0 Å². The minimum absolute atomic E-state index is 0.622. The van der Waals surface area contributed by atoms with Crippen LogP contribution < -0.4 is 5.73 Å². The first kappa shape index (κ1) is 12.5. The first-order chi connectivity index (χ1) is 8.59. The van der Waals surface area contributed by atoms with Crippen molar-refractivity contribution in [3.05, 3.63) is 23.8 Å². The van der Waals surface area contributed by atoms with Crippen LogP contribution in [0.25, 0.3) is 11.4 Å². The minimum atomic E-state index is 0.622. The summed E-state index contributed by atoms with van der Waals surface area (Å²) in [7, 11) is 0. The van der Waals surface area contributed by atoms with Gasteiger partial charge < -0.3 is 5.73 Å². The molecule has 18 heavy (non-hydrogen) atoms. The smallest absolute Gasteiger partial charge is 0.184 e. The fourth-order valence-electron chi connectivity index (χ4n) is 1.80. The van der Waals surface area contributed by atoms with E-state index in [2.05, 4.69) is 29.4 Å². The van der Waals surface area contributed by atoms with Crippen LogP contribution in [0.1, 0.15) is 25.8 Å². The molecule has 0 radical (unpaired) electrons. The van der Waals surface area contributed by atoms with E-state index in [0.29, 0.717) is 5.92 Å². The van der Waals surface area contributed by atoms with Crippen LogP contribution in [0, 0.1) is 12.8 Å². The third-order valence-corrected chi connectivity index (χ3v) is 3.02. The van der Waals surface area contributed by atoms with Crippen LogP contribution in [0.5, 0.6) is 0 Å². The largest absolute Gasteiger partial charge is 0.398 e. The predicted octanol–water partition coefficient (Wildman–Crippen LogP) is 2.28. The highest BCUT2D eigenvalue weighted by atomic mass is 15.5. The van der Waals surface area contributed by atoms with Crippen LogP contribution in [-0.2, 0) is 6.54 Å². The average Bonchev–Trinajstić information content (AvgIpc) is 2.78. The Balaban J connectivity index is 2.33. The van der Waals surface area contributed by atoms with Crippen LogP contribution in [0.15, 0.2) is 18.2 Å². The molecule has 0 amide bonds. The molecule has 0 fully saturated rings. The van der Waals surface area contributed by atoms with Gasteiger partial charge in [-0.15, -0.1) is 5.10 Å². The third-order valence-electron chi connectivity index (χ3n) is 3.02. The van der Waals surface area contributed by atoms with Crippen molar-refractivity contribution in [3.8, 4) is 11.4 Å². The maximum Gasteiger partial charge on any atom is 0.184 e. The molecular formula is C13H19N5. The van der Waals surface area contributed by atoms with Gasteiger partial charge in [-0.2, -0.15) is 0 Å². The lowest BCUT2D eigenvalue weighted by atomic mass is 10.1. The van der Waals surface area contributed by atoms with Gasteiger partial charge in [0.15, 0.2) is 5.82 Å². The number of nitrogens with zero attached hydrogens (tertiary/aromatic N) is 4. The highest BCUT2D eigenvalue weighted by molar-refractivity contribution is 5.73. The first-order valence-corrected chi connectivity index (χ1v) is 6.21. The highest BCUT2D eigenvalue weighted by Gasteiger charge is 2.12. The lowest BCUT2D eigenvalue weighted by molar-refractivity contribution is 0.481. The van der Waals surface area contributed by atoms with Crippen LogP contribution in [0.3, 0.4) is 0 Å². The van der Waals surface area contributed by atoms with E-state index in [1.165, 1.54) is 0 Å². The number of aryl methyl sites for hydroxylation is 2. The lowest BCUT2D eigenvalue weighted by Crippen LogP contribution is -2.07. The minimum Gasteiger partial charge on any atom is -0.398 e. The number of tetrazole rings is 1. The van der Waals surface area contributed by atoms with Crippen molar-refractivity contribution in [2.45, 2.75) is 33.7 Å². The van der Waals surface area contributed by atoms with Crippen molar-refractivity contribution in [1.82, 2.24) is 20.2 Å². The number of aromatic nitrogens is 4. The molecule has 96 valence electrons. The Morgan fingerprint density at radius 1 is 1.33 bits per heavy atom. The molecule has 5 nitrogen and oxygen atoms in total. The summed E-state index contributed by atoms with van der Waals surface area (Å²) < 4.78 is 1.82. The summed E-state index contributed by atoms with van der Waals surface area (Å²) in [4.78, 5) is 0. The van der Waals surface area contributed by atoms with Crippen molar-refractivity contribution >= 4 is 5.69 Å². The lowest BCUT2D eigenvalue weighted by Gasteiger charge is -2.09. The second-order valence-corrected chi connectivity index (χ2v) is 4.94. The summed E-state index contributed by atoms with van der Waals surface area (Å²) >= 11 is 0. The predicted molar refractivity (Wildman–Crippen MR) is 71.9 cm³/mol. The van der Waals surface area contributed by atoms with Crippen LogP contribution in [0.4, 0.5) is 5.69 Å². The number of hydrogen-bond acceptors (Lipinski definition) is 4. The molecule has 1 aromatic heterocycles. The Kier molecular flexibility index (Phi) is 3.60. The molecule has 0 atom stereocenters. The fraction of sp³-hybridized carbons (Fsp3) is 0.462. The fourth-order valence-corrected chi connectivity index (χ4v) is 1.80. The number of hydrogen-bond donors (Lipinski definition) is 1. The summed E-state index contributed by atoms with van der Waals surface area (Å²) in [5.41, 5.74) is 8.79. The number of nitrogens with two attached hydrogens (primary N) is 1. The Bertz CT molecular complexity index is 530. The van der Waals surface area contributed by atoms with E-state index in [9.17, 15) is 0 Å². The first-order valence-electron chi connectivity index (χ1n) is 6.21. The zero-order valence-electron chi connectivity index (χ0n) is 11.1. The second-order valence-electron chi connectivity index (χ2n) is 4.94. The van der Waals surface area contributed by atoms with Gasteiger partial charge in [0.1, 0.15) is 0 Å². The zero-order valence-corrected chi connectivity index (χ0v) is 11.1. The summed E-state index contributed by atoms with van der Waals surface area (Å²) in [6, 6.07) is 5.92. The van der Waals surface area contributed by atoms with Crippen molar-refractivity contribution < 1.29 is 0 Å². The molecule has 2 rings (SSSR count). The van der Waals surface area contributed by atoms with Gasteiger partial charge in [0.2, 0.25) is 0 Å². The average molecular weight is 245 g/mol. The topological polar surface area (TPSA) is 69.6 Å². The van der Waals surface area contributed by atoms with E-state index in [-0.39, 0.29) is 0 Å². The van der Waals surface area contributed by atoms with Gasteiger partial charge >= 0.3 is 0 Å². The number of rotatable bonds is 4. The quantitative estimate of drug-likeness (QED) is 0.839. The Morgan fingerprint density at radius 2 is 2.11 bits per heavy atom. The molecule has 2 N–H and O–H groups in total. The molecule has 2 aromatic rings. The SMILES string of the molecule is Cc1cccc(-c2nnnn2CCC(C)C)c1N. The molecule has 0 unspecified atom stereocenters. The highest BCUT2D eigenvalue weighted by Crippen LogP contribution is 2.26. The molecule has 0 bridgehead atoms. The van der Waals surface area contributed by atoms with Gasteiger partial charge in [-0.25, -0.2) is 4.68 Å². The van der Waals surface area contributed by atoms with Gasteiger partial charge in [-0.05, 0) is 41.3 Å². The van der Waals surface area contributed by atoms with Crippen LogP contribution in [0.2, 0.25) is 0 Å². The van der Waals surface area contributed by atoms with Gasteiger partial charge in [0.25, 0.3) is 0 Å². The standard InChI is InChI=1S/C13H19N5/c1-9(2)7-8-18-13(15-16-17-18)11-6-4-5-10(3)12(11)14/h4-6,9H,7-8,14H2,1-3H3. The van der Waals surface area contributed by atoms with E-state index in [1.807, 2.05) is 29.8 Å².